The Bertz CT molecular complexity index is 482. The summed E-state index contributed by atoms with van der Waals surface area (Å²) in [6.07, 6.45) is 2.28. The van der Waals surface area contributed by atoms with Crippen molar-refractivity contribution in [3.8, 4) is 0 Å². The zero-order valence-electron chi connectivity index (χ0n) is 11.2. The lowest BCUT2D eigenvalue weighted by Gasteiger charge is -2.34. The standard InChI is InChI=1S/C14H20FN3O/c1-9-6-13(12(16)8-11(9)15)18-4-2-10(3-5-18)7-14(17)19/h6,8,10H,2-5,7,16H2,1H3,(H2,17,19). The maximum atomic E-state index is 13.4. The molecule has 2 rings (SSSR count). The highest BCUT2D eigenvalue weighted by atomic mass is 19.1. The van der Waals surface area contributed by atoms with Crippen LogP contribution < -0.4 is 16.4 Å². The lowest BCUT2D eigenvalue weighted by Crippen LogP contribution is -2.35. The number of aryl methyl sites for hydroxylation is 1. The average molecular weight is 265 g/mol. The number of halogens is 1. The molecule has 1 heterocycles. The van der Waals surface area contributed by atoms with Crippen molar-refractivity contribution in [2.45, 2.75) is 26.2 Å². The summed E-state index contributed by atoms with van der Waals surface area (Å²) in [5, 5.41) is 0. The molecule has 0 atom stereocenters. The van der Waals surface area contributed by atoms with Crippen molar-refractivity contribution in [3.63, 3.8) is 0 Å². The van der Waals surface area contributed by atoms with Crippen LogP contribution in [0.15, 0.2) is 12.1 Å². The minimum absolute atomic E-state index is 0.240. The number of primary amides is 1. The van der Waals surface area contributed by atoms with Crippen molar-refractivity contribution in [1.29, 1.82) is 0 Å². The van der Waals surface area contributed by atoms with Gasteiger partial charge < -0.3 is 16.4 Å². The molecule has 1 saturated heterocycles. The second-order valence-electron chi connectivity index (χ2n) is 5.26. The first kappa shape index (κ1) is 13.6. The highest BCUT2D eigenvalue weighted by molar-refractivity contribution is 5.74. The third-order valence-corrected chi connectivity index (χ3v) is 3.75. The van der Waals surface area contributed by atoms with Crippen molar-refractivity contribution in [2.24, 2.45) is 11.7 Å². The number of rotatable bonds is 3. The Hall–Kier alpha value is -1.78. The largest absolute Gasteiger partial charge is 0.397 e. The van der Waals surface area contributed by atoms with Crippen LogP contribution in [0.25, 0.3) is 0 Å². The second kappa shape index (κ2) is 5.47. The Morgan fingerprint density at radius 2 is 2.05 bits per heavy atom. The van der Waals surface area contributed by atoms with E-state index < -0.39 is 0 Å². The minimum atomic E-state index is -0.273. The summed E-state index contributed by atoms with van der Waals surface area (Å²) >= 11 is 0. The van der Waals surface area contributed by atoms with Crippen molar-refractivity contribution in [1.82, 2.24) is 0 Å². The molecule has 4 N–H and O–H groups in total. The van der Waals surface area contributed by atoms with Crippen molar-refractivity contribution >= 4 is 17.3 Å². The Kier molecular flexibility index (Phi) is 3.93. The van der Waals surface area contributed by atoms with Crippen LogP contribution >= 0.6 is 0 Å². The van der Waals surface area contributed by atoms with Gasteiger partial charge in [-0.3, -0.25) is 4.79 Å². The molecule has 1 aliphatic heterocycles. The van der Waals surface area contributed by atoms with Gasteiger partial charge in [-0.1, -0.05) is 0 Å². The number of hydrogen-bond donors (Lipinski definition) is 2. The van der Waals surface area contributed by atoms with Gasteiger partial charge in [-0.15, -0.1) is 0 Å². The Morgan fingerprint density at radius 3 is 2.63 bits per heavy atom. The predicted molar refractivity (Wildman–Crippen MR) is 74.3 cm³/mol. The van der Waals surface area contributed by atoms with Gasteiger partial charge in [0.15, 0.2) is 0 Å². The summed E-state index contributed by atoms with van der Waals surface area (Å²) in [5.41, 5.74) is 13.1. The second-order valence-corrected chi connectivity index (χ2v) is 5.26. The van der Waals surface area contributed by atoms with Crippen molar-refractivity contribution in [3.05, 3.63) is 23.5 Å². The highest BCUT2D eigenvalue weighted by Gasteiger charge is 2.22. The van der Waals surface area contributed by atoms with E-state index in [1.807, 2.05) is 0 Å². The zero-order valence-corrected chi connectivity index (χ0v) is 11.2. The number of nitrogen functional groups attached to an aromatic ring is 1. The summed E-state index contributed by atoms with van der Waals surface area (Å²) < 4.78 is 13.4. The summed E-state index contributed by atoms with van der Waals surface area (Å²) in [4.78, 5) is 13.1. The summed E-state index contributed by atoms with van der Waals surface area (Å²) in [6, 6.07) is 3.17. The molecule has 0 radical (unpaired) electrons. The van der Waals surface area contributed by atoms with Gasteiger partial charge in [0.1, 0.15) is 5.82 Å². The molecule has 1 amide bonds. The normalized spacial score (nSPS) is 16.6. The van der Waals surface area contributed by atoms with E-state index in [-0.39, 0.29) is 11.7 Å². The summed E-state index contributed by atoms with van der Waals surface area (Å²) in [6.45, 7) is 3.39. The van der Waals surface area contributed by atoms with E-state index in [0.717, 1.165) is 31.6 Å². The molecule has 4 nitrogen and oxygen atoms in total. The fraction of sp³-hybridized carbons (Fsp3) is 0.500. The van der Waals surface area contributed by atoms with E-state index in [1.165, 1.54) is 6.07 Å². The number of piperidine rings is 1. The van der Waals surface area contributed by atoms with Gasteiger partial charge in [-0.25, -0.2) is 4.39 Å². The molecule has 1 fully saturated rings. The van der Waals surface area contributed by atoms with Crippen LogP contribution in [-0.4, -0.2) is 19.0 Å². The molecular weight excluding hydrogens is 245 g/mol. The number of amides is 1. The molecule has 5 heteroatoms. The van der Waals surface area contributed by atoms with Crippen LogP contribution in [0.1, 0.15) is 24.8 Å². The van der Waals surface area contributed by atoms with Gasteiger partial charge in [-0.05, 0) is 43.4 Å². The topological polar surface area (TPSA) is 72.3 Å². The molecule has 0 bridgehead atoms. The molecular formula is C14H20FN3O. The number of carbonyl (C=O) groups excluding carboxylic acids is 1. The van der Waals surface area contributed by atoms with Gasteiger partial charge in [0.25, 0.3) is 0 Å². The lowest BCUT2D eigenvalue weighted by atomic mass is 9.93. The molecule has 0 unspecified atom stereocenters. The lowest BCUT2D eigenvalue weighted by molar-refractivity contribution is -0.119. The molecule has 0 spiro atoms. The fourth-order valence-electron chi connectivity index (χ4n) is 2.62. The number of hydrogen-bond acceptors (Lipinski definition) is 3. The minimum Gasteiger partial charge on any atom is -0.397 e. The van der Waals surface area contributed by atoms with Crippen molar-refractivity contribution < 1.29 is 9.18 Å². The van der Waals surface area contributed by atoms with E-state index in [0.29, 0.717) is 23.6 Å². The third kappa shape index (κ3) is 3.16. The Labute approximate surface area is 112 Å². The van der Waals surface area contributed by atoms with Crippen LogP contribution in [0.4, 0.5) is 15.8 Å². The molecule has 1 aromatic carbocycles. The van der Waals surface area contributed by atoms with Gasteiger partial charge in [0, 0.05) is 19.5 Å². The molecule has 0 aromatic heterocycles. The Morgan fingerprint density at radius 1 is 1.42 bits per heavy atom. The fourth-order valence-corrected chi connectivity index (χ4v) is 2.62. The summed E-state index contributed by atoms with van der Waals surface area (Å²) in [7, 11) is 0. The van der Waals surface area contributed by atoms with E-state index in [2.05, 4.69) is 4.90 Å². The quantitative estimate of drug-likeness (QED) is 0.819. The van der Waals surface area contributed by atoms with Crippen molar-refractivity contribution in [2.75, 3.05) is 23.7 Å². The van der Waals surface area contributed by atoms with E-state index >= 15 is 0 Å². The van der Waals surface area contributed by atoms with Gasteiger partial charge in [-0.2, -0.15) is 0 Å². The zero-order chi connectivity index (χ0) is 14.0. The van der Waals surface area contributed by atoms with Crippen LogP contribution in [0.2, 0.25) is 0 Å². The third-order valence-electron chi connectivity index (χ3n) is 3.75. The monoisotopic (exact) mass is 265 g/mol. The Balaban J connectivity index is 2.05. The van der Waals surface area contributed by atoms with Gasteiger partial charge >= 0.3 is 0 Å². The first-order valence-corrected chi connectivity index (χ1v) is 6.56. The predicted octanol–water partition coefficient (Wildman–Crippen LogP) is 1.81. The summed E-state index contributed by atoms with van der Waals surface area (Å²) in [5.74, 6) is -0.156. The van der Waals surface area contributed by atoms with Gasteiger partial charge in [0.2, 0.25) is 5.91 Å². The molecule has 104 valence electrons. The number of nitrogens with two attached hydrogens (primary N) is 2. The van der Waals surface area contributed by atoms with Crippen LogP contribution in [0.3, 0.4) is 0 Å². The van der Waals surface area contributed by atoms with Crippen LogP contribution in [0, 0.1) is 18.7 Å². The number of benzene rings is 1. The highest BCUT2D eigenvalue weighted by Crippen LogP contribution is 2.30. The van der Waals surface area contributed by atoms with Crippen LogP contribution in [0.5, 0.6) is 0 Å². The molecule has 19 heavy (non-hydrogen) atoms. The van der Waals surface area contributed by atoms with Gasteiger partial charge in [0.05, 0.1) is 11.4 Å². The van der Waals surface area contributed by atoms with Crippen LogP contribution in [-0.2, 0) is 4.79 Å². The first-order chi connectivity index (χ1) is 8.97. The number of anilines is 2. The molecule has 0 aliphatic carbocycles. The number of carbonyl (C=O) groups is 1. The molecule has 1 aliphatic rings. The average Bonchev–Trinajstić information content (AvgIpc) is 2.34. The maximum Gasteiger partial charge on any atom is 0.217 e. The molecule has 0 saturated carbocycles. The van der Waals surface area contributed by atoms with E-state index in [4.69, 9.17) is 11.5 Å². The number of nitrogens with zero attached hydrogens (tertiary/aromatic N) is 1. The SMILES string of the molecule is Cc1cc(N2CCC(CC(N)=O)CC2)c(N)cc1F. The first-order valence-electron chi connectivity index (χ1n) is 6.56. The smallest absolute Gasteiger partial charge is 0.217 e. The molecule has 1 aromatic rings. The van der Waals surface area contributed by atoms with E-state index in [1.54, 1.807) is 13.0 Å². The maximum absolute atomic E-state index is 13.4. The van der Waals surface area contributed by atoms with E-state index in [9.17, 15) is 9.18 Å².